The molecule has 3 aromatic rings. The summed E-state index contributed by atoms with van der Waals surface area (Å²) in [7, 11) is 0. The maximum atomic E-state index is 13.3. The van der Waals surface area contributed by atoms with E-state index < -0.39 is 6.04 Å². The van der Waals surface area contributed by atoms with Gasteiger partial charge in [-0.2, -0.15) is 0 Å². The SMILES string of the molecule is O=C(C[C@@H]1N=C2c3ccccc3N=C(SCc3ccc(F)cc3)N2C1=O)NCCc1ccccc1. The average molecular weight is 487 g/mol. The van der Waals surface area contributed by atoms with Crippen LogP contribution in [0.15, 0.2) is 88.8 Å². The summed E-state index contributed by atoms with van der Waals surface area (Å²) < 4.78 is 13.3. The van der Waals surface area contributed by atoms with Crippen LogP contribution in [0, 0.1) is 5.82 Å². The normalized spacial score (nSPS) is 16.3. The third kappa shape index (κ3) is 5.17. The van der Waals surface area contributed by atoms with Gasteiger partial charge in [0.05, 0.1) is 12.1 Å². The van der Waals surface area contributed by atoms with Crippen molar-refractivity contribution < 1.29 is 14.0 Å². The molecular formula is C27H23FN4O2S. The molecule has 0 radical (unpaired) electrons. The van der Waals surface area contributed by atoms with E-state index in [1.165, 1.54) is 28.8 Å². The van der Waals surface area contributed by atoms with Crippen molar-refractivity contribution in [3.63, 3.8) is 0 Å². The van der Waals surface area contributed by atoms with E-state index in [0.717, 1.165) is 28.8 Å². The number of nitrogens with zero attached hydrogens (tertiary/aromatic N) is 3. The van der Waals surface area contributed by atoms with Crippen molar-refractivity contribution in [2.24, 2.45) is 9.98 Å². The molecule has 0 saturated carbocycles. The van der Waals surface area contributed by atoms with Crippen LogP contribution < -0.4 is 5.32 Å². The first-order chi connectivity index (χ1) is 17.1. The van der Waals surface area contributed by atoms with E-state index in [9.17, 15) is 14.0 Å². The van der Waals surface area contributed by atoms with Gasteiger partial charge in [0, 0.05) is 17.9 Å². The molecule has 0 bridgehead atoms. The lowest BCUT2D eigenvalue weighted by Crippen LogP contribution is -2.42. The Balaban J connectivity index is 1.29. The highest BCUT2D eigenvalue weighted by Gasteiger charge is 2.42. The zero-order chi connectivity index (χ0) is 24.2. The number of benzene rings is 3. The lowest BCUT2D eigenvalue weighted by molar-refractivity contribution is -0.128. The zero-order valence-electron chi connectivity index (χ0n) is 18.9. The number of amidine groups is 2. The minimum absolute atomic E-state index is 0.0221. The number of amides is 2. The average Bonchev–Trinajstić information content (AvgIpc) is 3.20. The Bertz CT molecular complexity index is 1310. The summed E-state index contributed by atoms with van der Waals surface area (Å²) in [5.41, 5.74) is 3.54. The largest absolute Gasteiger partial charge is 0.356 e. The molecule has 176 valence electrons. The molecule has 0 fully saturated rings. The van der Waals surface area contributed by atoms with Gasteiger partial charge in [-0.3, -0.25) is 14.6 Å². The molecule has 2 amide bonds. The third-order valence-corrected chi connectivity index (χ3v) is 6.80. The predicted molar refractivity (Wildman–Crippen MR) is 136 cm³/mol. The first-order valence-corrected chi connectivity index (χ1v) is 12.3. The Kier molecular flexibility index (Phi) is 6.72. The summed E-state index contributed by atoms with van der Waals surface area (Å²) in [5.74, 6) is 0.261. The number of carbonyl (C=O) groups excluding carboxylic acids is 2. The second-order valence-electron chi connectivity index (χ2n) is 8.26. The van der Waals surface area contributed by atoms with Crippen LogP contribution in [-0.4, -0.2) is 40.3 Å². The van der Waals surface area contributed by atoms with Gasteiger partial charge in [-0.1, -0.05) is 66.4 Å². The Morgan fingerprint density at radius 2 is 1.71 bits per heavy atom. The minimum Gasteiger partial charge on any atom is -0.356 e. The highest BCUT2D eigenvalue weighted by Crippen LogP contribution is 2.34. The van der Waals surface area contributed by atoms with Crippen LogP contribution in [0.1, 0.15) is 23.1 Å². The fourth-order valence-electron chi connectivity index (χ4n) is 4.00. The number of thioether (sulfide) groups is 1. The van der Waals surface area contributed by atoms with Crippen molar-refractivity contribution >= 4 is 40.3 Å². The fourth-order valence-corrected chi connectivity index (χ4v) is 4.96. The Labute approximate surface area is 207 Å². The zero-order valence-corrected chi connectivity index (χ0v) is 19.7. The van der Waals surface area contributed by atoms with E-state index in [4.69, 9.17) is 4.99 Å². The summed E-state index contributed by atoms with van der Waals surface area (Å²) in [6.07, 6.45) is 0.696. The molecular weight excluding hydrogens is 463 g/mol. The molecule has 0 saturated heterocycles. The van der Waals surface area contributed by atoms with Crippen LogP contribution in [0.4, 0.5) is 10.1 Å². The van der Waals surface area contributed by atoms with Gasteiger partial charge in [0.1, 0.15) is 17.7 Å². The fraction of sp³-hybridized carbons (Fsp3) is 0.185. The lowest BCUT2D eigenvalue weighted by Gasteiger charge is -2.25. The van der Waals surface area contributed by atoms with Crippen LogP contribution in [0.3, 0.4) is 0 Å². The summed E-state index contributed by atoms with van der Waals surface area (Å²) >= 11 is 1.38. The van der Waals surface area contributed by atoms with E-state index in [1.807, 2.05) is 54.6 Å². The van der Waals surface area contributed by atoms with E-state index in [2.05, 4.69) is 10.3 Å². The number of hydrogen-bond acceptors (Lipinski definition) is 5. The molecule has 2 heterocycles. The van der Waals surface area contributed by atoms with Crippen molar-refractivity contribution in [3.8, 4) is 0 Å². The number of carbonyl (C=O) groups is 2. The molecule has 2 aliphatic heterocycles. The van der Waals surface area contributed by atoms with Crippen molar-refractivity contribution in [3.05, 3.63) is 101 Å². The van der Waals surface area contributed by atoms with Crippen LogP contribution >= 0.6 is 11.8 Å². The molecule has 0 aliphatic carbocycles. The Morgan fingerprint density at radius 3 is 2.51 bits per heavy atom. The number of rotatable bonds is 7. The van der Waals surface area contributed by atoms with Crippen molar-refractivity contribution in [2.45, 2.75) is 24.6 Å². The number of aliphatic imine (C=N–C) groups is 2. The summed E-state index contributed by atoms with van der Waals surface area (Å²) in [4.78, 5) is 36.8. The topological polar surface area (TPSA) is 74.1 Å². The quantitative estimate of drug-likeness (QED) is 0.536. The molecule has 35 heavy (non-hydrogen) atoms. The van der Waals surface area contributed by atoms with Gasteiger partial charge in [-0.25, -0.2) is 14.3 Å². The van der Waals surface area contributed by atoms with Crippen molar-refractivity contribution in [1.29, 1.82) is 0 Å². The highest BCUT2D eigenvalue weighted by molar-refractivity contribution is 8.13. The molecule has 0 spiro atoms. The van der Waals surface area contributed by atoms with Gasteiger partial charge >= 0.3 is 0 Å². The smallest absolute Gasteiger partial charge is 0.259 e. The summed E-state index contributed by atoms with van der Waals surface area (Å²) in [6, 6.07) is 22.9. The predicted octanol–water partition coefficient (Wildman–Crippen LogP) is 4.47. The molecule has 0 unspecified atom stereocenters. The van der Waals surface area contributed by atoms with Gasteiger partial charge in [0.15, 0.2) is 5.17 Å². The first-order valence-electron chi connectivity index (χ1n) is 11.4. The minimum atomic E-state index is -0.801. The second-order valence-corrected chi connectivity index (χ2v) is 9.20. The molecule has 0 aromatic heterocycles. The first kappa shape index (κ1) is 23.0. The maximum absolute atomic E-state index is 13.3. The monoisotopic (exact) mass is 486 g/mol. The molecule has 1 N–H and O–H groups in total. The van der Waals surface area contributed by atoms with Gasteiger partial charge in [-0.05, 0) is 41.8 Å². The van der Waals surface area contributed by atoms with E-state index >= 15 is 0 Å². The number of hydrogen-bond donors (Lipinski definition) is 1. The van der Waals surface area contributed by atoms with E-state index in [0.29, 0.717) is 23.3 Å². The molecule has 6 nitrogen and oxygen atoms in total. The Hall–Kier alpha value is -3.78. The number of para-hydroxylation sites is 1. The van der Waals surface area contributed by atoms with E-state index in [-0.39, 0.29) is 24.1 Å². The van der Waals surface area contributed by atoms with Gasteiger partial charge < -0.3 is 5.32 Å². The molecule has 8 heteroatoms. The maximum Gasteiger partial charge on any atom is 0.259 e. The van der Waals surface area contributed by atoms with Gasteiger partial charge in [0.2, 0.25) is 5.91 Å². The molecule has 1 atom stereocenters. The second kappa shape index (κ2) is 10.2. The lowest BCUT2D eigenvalue weighted by atomic mass is 10.1. The van der Waals surface area contributed by atoms with Crippen molar-refractivity contribution in [1.82, 2.24) is 10.2 Å². The third-order valence-electron chi connectivity index (χ3n) is 5.79. The number of fused-ring (bicyclic) bond motifs is 3. The van der Waals surface area contributed by atoms with E-state index in [1.54, 1.807) is 12.1 Å². The van der Waals surface area contributed by atoms with Crippen LogP contribution in [0.5, 0.6) is 0 Å². The summed E-state index contributed by atoms with van der Waals surface area (Å²) in [6.45, 7) is 0.493. The van der Waals surface area contributed by atoms with Crippen LogP contribution in [0.25, 0.3) is 0 Å². The molecule has 2 aliphatic rings. The van der Waals surface area contributed by atoms with Gasteiger partial charge in [0.25, 0.3) is 5.91 Å². The number of halogens is 1. The van der Waals surface area contributed by atoms with Crippen LogP contribution in [-0.2, 0) is 21.8 Å². The summed E-state index contributed by atoms with van der Waals surface area (Å²) in [5, 5.41) is 3.40. The Morgan fingerprint density at radius 1 is 0.971 bits per heavy atom. The molecule has 3 aromatic carbocycles. The van der Waals surface area contributed by atoms with Crippen LogP contribution in [0.2, 0.25) is 0 Å². The standard InChI is InChI=1S/C27H23FN4O2S/c28-20-12-10-19(11-13-20)17-35-27-31-22-9-5-4-8-21(22)25-30-23(26(34)32(25)27)16-24(33)29-15-14-18-6-2-1-3-7-18/h1-13,23H,14-17H2,(H,29,33)/t23-/m0/s1. The number of nitrogens with one attached hydrogen (secondary N) is 1. The van der Waals surface area contributed by atoms with Gasteiger partial charge in [-0.15, -0.1) is 0 Å². The highest BCUT2D eigenvalue weighted by atomic mass is 32.2. The van der Waals surface area contributed by atoms with Crippen molar-refractivity contribution in [2.75, 3.05) is 6.54 Å². The molecule has 5 rings (SSSR count).